The molecule has 0 atom stereocenters. The molecule has 0 spiro atoms. The lowest BCUT2D eigenvalue weighted by molar-refractivity contribution is 0.0871. The number of ketones is 1. The summed E-state index contributed by atoms with van der Waals surface area (Å²) in [6.07, 6.45) is 1.68. The molecular weight excluding hydrogens is 489 g/mol. The summed E-state index contributed by atoms with van der Waals surface area (Å²) >= 11 is 12.2. The van der Waals surface area contributed by atoms with Gasteiger partial charge in [-0.3, -0.25) is 9.69 Å². The van der Waals surface area contributed by atoms with E-state index in [4.69, 9.17) is 42.1 Å². The molecule has 8 heteroatoms. The zero-order valence-corrected chi connectivity index (χ0v) is 21.0. The van der Waals surface area contributed by atoms with E-state index in [1.807, 2.05) is 31.2 Å². The van der Waals surface area contributed by atoms with Gasteiger partial charge < -0.3 is 18.9 Å². The number of benzene rings is 3. The number of rotatable bonds is 5. The van der Waals surface area contributed by atoms with Gasteiger partial charge in [-0.1, -0.05) is 35.3 Å². The van der Waals surface area contributed by atoms with Crippen LogP contribution in [0.25, 0.3) is 6.08 Å². The van der Waals surface area contributed by atoms with Crippen LogP contribution in [0.4, 0.5) is 0 Å². The third-order valence-electron chi connectivity index (χ3n) is 6.08. The van der Waals surface area contributed by atoms with Gasteiger partial charge in [0.25, 0.3) is 0 Å². The van der Waals surface area contributed by atoms with E-state index in [0.29, 0.717) is 52.7 Å². The second-order valence-corrected chi connectivity index (χ2v) is 9.25. The van der Waals surface area contributed by atoms with Crippen LogP contribution in [0.5, 0.6) is 23.0 Å². The van der Waals surface area contributed by atoms with E-state index >= 15 is 0 Å². The second-order valence-electron chi connectivity index (χ2n) is 8.44. The molecule has 0 aromatic heterocycles. The molecule has 2 heterocycles. The van der Waals surface area contributed by atoms with E-state index < -0.39 is 0 Å². The number of carbonyl (C=O) groups excluding carboxylic acids is 1. The molecule has 3 aromatic rings. The van der Waals surface area contributed by atoms with Crippen molar-refractivity contribution in [2.75, 3.05) is 21.0 Å². The van der Waals surface area contributed by atoms with E-state index in [1.54, 1.807) is 38.5 Å². The van der Waals surface area contributed by atoms with E-state index in [1.165, 1.54) is 0 Å². The van der Waals surface area contributed by atoms with Crippen LogP contribution < -0.4 is 18.9 Å². The summed E-state index contributed by atoms with van der Waals surface area (Å²) in [6, 6.07) is 12.9. The van der Waals surface area contributed by atoms with Gasteiger partial charge in [0, 0.05) is 13.1 Å². The Morgan fingerprint density at radius 1 is 1.03 bits per heavy atom. The molecule has 6 nitrogen and oxygen atoms in total. The number of allylic oxidation sites excluding steroid dienone is 1. The van der Waals surface area contributed by atoms with E-state index in [-0.39, 0.29) is 11.5 Å². The van der Waals surface area contributed by atoms with E-state index in [9.17, 15) is 4.79 Å². The maximum absolute atomic E-state index is 13.2. The molecule has 180 valence electrons. The molecule has 0 N–H and O–H groups in total. The van der Waals surface area contributed by atoms with Crippen molar-refractivity contribution in [3.05, 3.63) is 86.1 Å². The molecule has 2 aliphatic heterocycles. The highest BCUT2D eigenvalue weighted by atomic mass is 35.5. The van der Waals surface area contributed by atoms with Gasteiger partial charge in [0.1, 0.15) is 18.2 Å². The topological polar surface area (TPSA) is 57.2 Å². The Hall–Kier alpha value is -3.19. The molecule has 0 saturated carbocycles. The highest BCUT2D eigenvalue weighted by Crippen LogP contribution is 2.44. The maximum Gasteiger partial charge on any atom is 0.232 e. The SMILES string of the molecule is COc1ccc(CN2COc3cc(C)c4c(c3C2)O/C(=C\c2ccc(Cl)c(Cl)c2)C4=O)cc1OC. The van der Waals surface area contributed by atoms with Crippen LogP contribution in [0.3, 0.4) is 0 Å². The first kappa shape index (κ1) is 23.5. The van der Waals surface area contributed by atoms with Crippen LogP contribution >= 0.6 is 23.2 Å². The lowest BCUT2D eigenvalue weighted by Crippen LogP contribution is -2.31. The summed E-state index contributed by atoms with van der Waals surface area (Å²) < 4.78 is 23.0. The van der Waals surface area contributed by atoms with Crippen molar-refractivity contribution >= 4 is 35.1 Å². The molecule has 0 saturated heterocycles. The normalized spacial score (nSPS) is 15.9. The van der Waals surface area contributed by atoms with Crippen LogP contribution in [0.1, 0.15) is 32.6 Å². The molecule has 0 aliphatic carbocycles. The molecule has 0 unspecified atom stereocenters. The minimum absolute atomic E-state index is 0.164. The third kappa shape index (κ3) is 4.45. The maximum atomic E-state index is 13.2. The average Bonchev–Trinajstić information content (AvgIpc) is 3.18. The Labute approximate surface area is 213 Å². The van der Waals surface area contributed by atoms with Crippen molar-refractivity contribution in [2.45, 2.75) is 20.0 Å². The van der Waals surface area contributed by atoms with Crippen LogP contribution in [-0.2, 0) is 13.1 Å². The molecular formula is C27H23Cl2NO5. The van der Waals surface area contributed by atoms with E-state index in [0.717, 1.165) is 28.0 Å². The van der Waals surface area contributed by atoms with Crippen molar-refractivity contribution in [1.29, 1.82) is 0 Å². The fourth-order valence-corrected chi connectivity index (χ4v) is 4.67. The Bertz CT molecular complexity index is 1370. The van der Waals surface area contributed by atoms with Gasteiger partial charge in [-0.15, -0.1) is 0 Å². The number of fused-ring (bicyclic) bond motifs is 3. The fraction of sp³-hybridized carbons (Fsp3) is 0.222. The smallest absolute Gasteiger partial charge is 0.232 e. The fourth-order valence-electron chi connectivity index (χ4n) is 4.37. The summed E-state index contributed by atoms with van der Waals surface area (Å²) in [5.74, 6) is 2.71. The van der Waals surface area contributed by atoms with Gasteiger partial charge in [0.05, 0.1) is 35.4 Å². The zero-order chi connectivity index (χ0) is 24.7. The number of hydrogen-bond donors (Lipinski definition) is 0. The summed E-state index contributed by atoms with van der Waals surface area (Å²) in [5.41, 5.74) is 4.01. The van der Waals surface area contributed by atoms with Crippen molar-refractivity contribution in [3.63, 3.8) is 0 Å². The summed E-state index contributed by atoms with van der Waals surface area (Å²) in [5, 5.41) is 0.865. The molecule has 2 aliphatic rings. The number of hydrogen-bond acceptors (Lipinski definition) is 6. The first-order valence-electron chi connectivity index (χ1n) is 11.0. The van der Waals surface area contributed by atoms with Crippen molar-refractivity contribution in [2.24, 2.45) is 0 Å². The van der Waals surface area contributed by atoms with Gasteiger partial charge in [0.15, 0.2) is 17.3 Å². The summed E-state index contributed by atoms with van der Waals surface area (Å²) in [7, 11) is 3.23. The molecule has 0 fully saturated rings. The van der Waals surface area contributed by atoms with Crippen LogP contribution in [-0.4, -0.2) is 31.6 Å². The number of ether oxygens (including phenoxy) is 4. The standard InChI is InChI=1S/C27H23Cl2NO5/c1-15-8-22-18(13-30(14-34-22)12-17-5-7-21(32-2)23(11-17)33-3)27-25(15)26(31)24(35-27)10-16-4-6-19(28)20(29)9-16/h4-11H,12-14H2,1-3H3/b24-10-. The highest BCUT2D eigenvalue weighted by Gasteiger charge is 2.35. The largest absolute Gasteiger partial charge is 0.493 e. The second kappa shape index (κ2) is 9.46. The Morgan fingerprint density at radius 3 is 2.57 bits per heavy atom. The molecule has 35 heavy (non-hydrogen) atoms. The Balaban J connectivity index is 1.43. The van der Waals surface area contributed by atoms with Gasteiger partial charge in [-0.05, 0) is 60.0 Å². The quantitative estimate of drug-likeness (QED) is 0.375. The monoisotopic (exact) mass is 511 g/mol. The van der Waals surface area contributed by atoms with E-state index in [2.05, 4.69) is 4.90 Å². The Kier molecular flexibility index (Phi) is 6.36. The zero-order valence-electron chi connectivity index (χ0n) is 19.5. The van der Waals surface area contributed by atoms with Gasteiger partial charge in [-0.25, -0.2) is 0 Å². The molecule has 0 radical (unpaired) electrons. The Morgan fingerprint density at radius 2 is 1.83 bits per heavy atom. The molecule has 0 bridgehead atoms. The van der Waals surface area contributed by atoms with Gasteiger partial charge in [-0.2, -0.15) is 0 Å². The lowest BCUT2D eigenvalue weighted by atomic mass is 9.98. The number of aryl methyl sites for hydroxylation is 1. The molecule has 0 amide bonds. The number of nitrogens with zero attached hydrogens (tertiary/aromatic N) is 1. The van der Waals surface area contributed by atoms with Gasteiger partial charge >= 0.3 is 0 Å². The van der Waals surface area contributed by atoms with Crippen LogP contribution in [0, 0.1) is 6.92 Å². The van der Waals surface area contributed by atoms with Crippen molar-refractivity contribution in [3.8, 4) is 23.0 Å². The van der Waals surface area contributed by atoms with Crippen molar-refractivity contribution in [1.82, 2.24) is 4.90 Å². The lowest BCUT2D eigenvalue weighted by Gasteiger charge is -2.30. The number of carbonyl (C=O) groups is 1. The van der Waals surface area contributed by atoms with Crippen LogP contribution in [0.15, 0.2) is 48.2 Å². The third-order valence-corrected chi connectivity index (χ3v) is 6.82. The minimum Gasteiger partial charge on any atom is -0.493 e. The predicted octanol–water partition coefficient (Wildman–Crippen LogP) is 6.29. The number of Topliss-reactive ketones (excluding diaryl/α,β-unsaturated/α-hetero) is 1. The summed E-state index contributed by atoms with van der Waals surface area (Å²) in [6.45, 7) is 3.50. The average molecular weight is 512 g/mol. The predicted molar refractivity (Wildman–Crippen MR) is 135 cm³/mol. The van der Waals surface area contributed by atoms with Crippen LogP contribution in [0.2, 0.25) is 10.0 Å². The highest BCUT2D eigenvalue weighted by molar-refractivity contribution is 6.42. The summed E-state index contributed by atoms with van der Waals surface area (Å²) in [4.78, 5) is 15.4. The first-order chi connectivity index (χ1) is 16.9. The van der Waals surface area contributed by atoms with Crippen molar-refractivity contribution < 1.29 is 23.7 Å². The number of methoxy groups -OCH3 is 2. The molecule has 5 rings (SSSR count). The minimum atomic E-state index is -0.164. The van der Waals surface area contributed by atoms with Gasteiger partial charge in [0.2, 0.25) is 5.78 Å². The molecule has 3 aromatic carbocycles. The first-order valence-corrected chi connectivity index (χ1v) is 11.8. The number of halogens is 2.